The van der Waals surface area contributed by atoms with Crippen molar-refractivity contribution in [1.82, 2.24) is 40.2 Å². The Morgan fingerprint density at radius 1 is 1.06 bits per heavy atom. The molecule has 4 aromatic heterocycles. The zero-order chi connectivity index (χ0) is 45.2. The lowest BCUT2D eigenvalue weighted by molar-refractivity contribution is -0.142. The van der Waals surface area contributed by atoms with E-state index in [4.69, 9.17) is 14.7 Å². The second kappa shape index (κ2) is 14.5. The summed E-state index contributed by atoms with van der Waals surface area (Å²) in [5.41, 5.74) is -2.35. The molecule has 4 aliphatic rings. The zero-order valence-corrected chi connectivity index (χ0v) is 35.2. The number of carbonyl (C=O) groups is 2. The van der Waals surface area contributed by atoms with Gasteiger partial charge in [0.1, 0.15) is 29.5 Å². The molecule has 24 heteroatoms. The molecule has 2 aliphatic heterocycles. The summed E-state index contributed by atoms with van der Waals surface area (Å²) < 4.78 is 138. The number of nitrogens with one attached hydrogen (secondary N) is 3. The van der Waals surface area contributed by atoms with E-state index in [1.807, 2.05) is 4.90 Å². The van der Waals surface area contributed by atoms with Gasteiger partial charge in [0.2, 0.25) is 15.9 Å². The smallest absolute Gasteiger partial charge is 0.435 e. The lowest BCUT2D eigenvalue weighted by Gasteiger charge is -2.36. The molecule has 1 saturated carbocycles. The average Bonchev–Trinajstić information content (AvgIpc) is 3.42. The number of rotatable bonds is 10. The molecular weight excluding hydrogens is 898 g/mol. The van der Waals surface area contributed by atoms with Crippen LogP contribution < -0.4 is 20.3 Å². The van der Waals surface area contributed by atoms with Crippen molar-refractivity contribution in [3.05, 3.63) is 82.3 Å². The Labute approximate surface area is 362 Å². The molecule has 10 rings (SSSR count). The largest absolute Gasteiger partial charge is 0.441 e. The van der Waals surface area contributed by atoms with Crippen LogP contribution in [0.2, 0.25) is 0 Å². The number of amides is 2. The minimum atomic E-state index is -5.08. The second-order valence-electron chi connectivity index (χ2n) is 16.6. The van der Waals surface area contributed by atoms with Gasteiger partial charge in [0.05, 0.1) is 34.8 Å². The summed E-state index contributed by atoms with van der Waals surface area (Å²) in [4.78, 5) is 37.8. The minimum absolute atomic E-state index is 0.00281. The van der Waals surface area contributed by atoms with E-state index in [0.29, 0.717) is 75.1 Å². The number of hydrogen-bond acceptors (Lipinski definition) is 11. The van der Waals surface area contributed by atoms with Gasteiger partial charge in [0.25, 0.3) is 5.92 Å². The first-order valence-electron chi connectivity index (χ1n) is 19.9. The molecule has 64 heavy (non-hydrogen) atoms. The van der Waals surface area contributed by atoms with Crippen LogP contribution in [0.3, 0.4) is 0 Å². The summed E-state index contributed by atoms with van der Waals surface area (Å²) in [5.74, 6) is -9.04. The normalized spacial score (nSPS) is 20.3. The van der Waals surface area contributed by atoms with E-state index in [1.54, 1.807) is 31.3 Å². The molecule has 1 unspecified atom stereocenters. The summed E-state index contributed by atoms with van der Waals surface area (Å²) in [6.45, 7) is 0.235. The topological polar surface area (TPSA) is 178 Å². The van der Waals surface area contributed by atoms with E-state index in [0.717, 1.165) is 18.4 Å². The molecule has 336 valence electrons. The van der Waals surface area contributed by atoms with E-state index in [1.165, 1.54) is 16.0 Å². The van der Waals surface area contributed by atoms with Crippen molar-refractivity contribution in [2.24, 2.45) is 13.0 Å². The first-order valence-corrected chi connectivity index (χ1v) is 22.6. The third kappa shape index (κ3) is 7.32. The molecule has 2 aromatic carbocycles. The van der Waals surface area contributed by atoms with Gasteiger partial charge in [-0.05, 0) is 48.6 Å². The molecule has 0 bridgehead atoms. The maximum absolute atomic E-state index is 15.5. The van der Waals surface area contributed by atoms with Gasteiger partial charge < -0.3 is 20.3 Å². The molecule has 2 amide bonds. The van der Waals surface area contributed by atoms with E-state index in [9.17, 15) is 40.0 Å². The van der Waals surface area contributed by atoms with Crippen LogP contribution >= 0.6 is 11.3 Å². The van der Waals surface area contributed by atoms with E-state index in [-0.39, 0.29) is 35.6 Å². The highest BCUT2D eigenvalue weighted by molar-refractivity contribution is 7.92. The predicted molar refractivity (Wildman–Crippen MR) is 217 cm³/mol. The Bertz CT molecular complexity index is 3030. The summed E-state index contributed by atoms with van der Waals surface area (Å²) >= 11 is 1.28. The summed E-state index contributed by atoms with van der Waals surface area (Å²) in [6, 6.07) is 8.01. The van der Waals surface area contributed by atoms with Crippen molar-refractivity contribution in [1.29, 1.82) is 0 Å². The van der Waals surface area contributed by atoms with Crippen molar-refractivity contribution >= 4 is 65.6 Å². The molecule has 6 heterocycles. The van der Waals surface area contributed by atoms with Gasteiger partial charge >= 0.3 is 12.3 Å². The summed E-state index contributed by atoms with van der Waals surface area (Å²) in [7, 11) is -2.23. The molecule has 3 atom stereocenters. The minimum Gasteiger partial charge on any atom is -0.441 e. The fraction of sp³-hybridized carbons (Fsp3) is 0.400. The number of halogens is 7. The Morgan fingerprint density at radius 2 is 1.80 bits per heavy atom. The number of alkyl carbamates (subject to hydrolysis) is 1. The Hall–Kier alpha value is -6.04. The van der Waals surface area contributed by atoms with E-state index >= 15 is 8.78 Å². The molecule has 3 fully saturated rings. The van der Waals surface area contributed by atoms with Crippen LogP contribution in [0.4, 0.5) is 46.5 Å². The number of aryl methyl sites for hydroxylation is 1. The number of aromatic nitrogens is 6. The average molecular weight is 933 g/mol. The maximum Gasteiger partial charge on any atom is 0.435 e. The fourth-order valence-corrected chi connectivity index (χ4v) is 10.8. The number of alkyl halides is 5. The first-order chi connectivity index (χ1) is 30.2. The highest BCUT2D eigenvalue weighted by Gasteiger charge is 2.68. The lowest BCUT2D eigenvalue weighted by Crippen LogP contribution is -2.46. The zero-order valence-electron chi connectivity index (χ0n) is 33.6. The van der Waals surface area contributed by atoms with Crippen molar-refractivity contribution in [2.75, 3.05) is 35.5 Å². The van der Waals surface area contributed by atoms with Gasteiger partial charge in [-0.25, -0.2) is 27.0 Å². The van der Waals surface area contributed by atoms with Crippen LogP contribution in [0.25, 0.3) is 32.4 Å². The molecule has 3 N–H and O–H groups in total. The first kappa shape index (κ1) is 41.9. The fourth-order valence-electron chi connectivity index (χ4n) is 9.32. The maximum atomic E-state index is 15.5. The molecule has 0 radical (unpaired) electrons. The predicted octanol–water partition coefficient (Wildman–Crippen LogP) is 6.50. The number of anilines is 2. The molecule has 2 aliphatic carbocycles. The van der Waals surface area contributed by atoms with Gasteiger partial charge in [-0.1, -0.05) is 23.5 Å². The standard InChI is InChI=1S/C40H35F7N10O5S2/c1-55-31-21(4-3-5-22(31)34(53-55)54-64(2,60)61)23-15-27-35(51-36(63-27)56-8-6-38(7-9-56)17-48-37(59)62-38)50-30(23)26(12-18-10-19(41)13-20(42)11-18)49-28(58)16-57-33-29(32(52-57)40(45,46)47)24-14-25(24)39(33,43)44/h3-5,10-11,13,15,24-26H,6-9,12,14,16-17H2,1-2H3,(H,48,59)(H,49,58)(H,53,54)/t24-,25?,26-/m0/s1. The van der Waals surface area contributed by atoms with Crippen molar-refractivity contribution in [3.63, 3.8) is 0 Å². The third-order valence-corrected chi connectivity index (χ3v) is 13.8. The number of piperidine rings is 1. The molecule has 1 spiro atoms. The van der Waals surface area contributed by atoms with E-state index < -0.39 is 92.7 Å². The number of ether oxygens (including phenoxy) is 1. The summed E-state index contributed by atoms with van der Waals surface area (Å²) in [5, 5.41) is 14.2. The van der Waals surface area contributed by atoms with Crippen molar-refractivity contribution in [3.8, 4) is 11.1 Å². The van der Waals surface area contributed by atoms with Gasteiger partial charge in [-0.2, -0.15) is 37.1 Å². The number of fused-ring (bicyclic) bond motifs is 5. The second-order valence-corrected chi connectivity index (χ2v) is 19.4. The van der Waals surface area contributed by atoms with Crippen LogP contribution in [-0.2, 0) is 51.7 Å². The van der Waals surface area contributed by atoms with Crippen LogP contribution in [0.1, 0.15) is 59.4 Å². The number of thiazole rings is 1. The lowest BCUT2D eigenvalue weighted by atomic mass is 9.92. The van der Waals surface area contributed by atoms with Crippen LogP contribution in [0.5, 0.6) is 0 Å². The number of carbonyl (C=O) groups excluding carboxylic acids is 2. The van der Waals surface area contributed by atoms with E-state index in [2.05, 4.69) is 25.6 Å². The van der Waals surface area contributed by atoms with Crippen molar-refractivity contribution in [2.45, 2.75) is 61.9 Å². The summed E-state index contributed by atoms with van der Waals surface area (Å²) in [6.07, 6.45) is -4.11. The molecule has 2 saturated heterocycles. The van der Waals surface area contributed by atoms with Gasteiger partial charge in [-0.15, -0.1) is 0 Å². The highest BCUT2D eigenvalue weighted by atomic mass is 32.2. The van der Waals surface area contributed by atoms with Crippen LogP contribution in [-0.4, -0.2) is 81.4 Å². The number of nitrogens with zero attached hydrogens (tertiary/aromatic N) is 7. The third-order valence-electron chi connectivity index (χ3n) is 12.2. The molecular formula is C40H35F7N10O5S2. The van der Waals surface area contributed by atoms with Crippen molar-refractivity contribution < 1.29 is 53.5 Å². The molecule has 6 aromatic rings. The Morgan fingerprint density at radius 3 is 2.47 bits per heavy atom. The van der Waals surface area contributed by atoms with Gasteiger partial charge in [0, 0.05) is 67.0 Å². The number of sulfonamides is 1. The van der Waals surface area contributed by atoms with Gasteiger partial charge in [-0.3, -0.25) is 18.9 Å². The SMILES string of the molecule is Cn1nc(NS(C)(=O)=O)c2cccc(-c3cc4sc(N5CCC6(CC5)CNC(=O)O6)nc4nc3[C@H](Cc3cc(F)cc(F)c3)NC(=O)Cn3nc(C(F)(F)F)c4c3C(F)(F)C3C[C@H]43)c21. The Balaban J connectivity index is 1.10. The monoisotopic (exact) mass is 932 g/mol. The number of benzene rings is 2. The van der Waals surface area contributed by atoms with Gasteiger partial charge in [0.15, 0.2) is 22.3 Å². The number of para-hydroxylation sites is 1. The number of pyridine rings is 1. The van der Waals surface area contributed by atoms with Crippen LogP contribution in [0, 0.1) is 17.6 Å². The quantitative estimate of drug-likeness (QED) is 0.129. The highest BCUT2D eigenvalue weighted by Crippen LogP contribution is 2.68. The van der Waals surface area contributed by atoms with Crippen LogP contribution in [0.15, 0.2) is 42.5 Å². The Kier molecular flexibility index (Phi) is 9.49. The number of hydrogen-bond donors (Lipinski definition) is 3. The molecule has 15 nitrogen and oxygen atoms in total.